The Morgan fingerprint density at radius 1 is 1.64 bits per heavy atom. The first-order valence-electron chi connectivity index (χ1n) is 4.34. The van der Waals surface area contributed by atoms with Crippen molar-refractivity contribution in [2.45, 2.75) is 31.5 Å². The van der Waals surface area contributed by atoms with Crippen molar-refractivity contribution in [2.24, 2.45) is 0 Å². The molecule has 3 N–H and O–H groups in total. The van der Waals surface area contributed by atoms with E-state index < -0.39 is 24.5 Å². The summed E-state index contributed by atoms with van der Waals surface area (Å²) in [6.45, 7) is 1.06. The van der Waals surface area contributed by atoms with Crippen LogP contribution in [0.4, 0.5) is 0 Å². The Balaban J connectivity index is 2.64. The van der Waals surface area contributed by atoms with Gasteiger partial charge in [-0.05, 0) is 0 Å². The monoisotopic (exact) mass is 205 g/mol. The fourth-order valence-electron chi connectivity index (χ4n) is 1.49. The molecular weight excluding hydrogens is 190 g/mol. The van der Waals surface area contributed by atoms with Crippen molar-refractivity contribution in [1.82, 2.24) is 5.32 Å². The molecule has 0 aliphatic carbocycles. The third kappa shape index (κ3) is 2.21. The van der Waals surface area contributed by atoms with Crippen LogP contribution in [0.15, 0.2) is 0 Å². The lowest BCUT2D eigenvalue weighted by atomic mass is 10.1. The van der Waals surface area contributed by atoms with Crippen molar-refractivity contribution >= 4 is 5.91 Å². The van der Waals surface area contributed by atoms with E-state index in [0.29, 0.717) is 0 Å². The number of carbonyl (C=O) groups is 1. The van der Waals surface area contributed by atoms with Crippen LogP contribution in [-0.4, -0.2) is 54.4 Å². The first-order chi connectivity index (χ1) is 6.60. The molecule has 0 radical (unpaired) electrons. The molecule has 14 heavy (non-hydrogen) atoms. The highest BCUT2D eigenvalue weighted by molar-refractivity contribution is 5.73. The molecule has 1 aliphatic rings. The van der Waals surface area contributed by atoms with Crippen molar-refractivity contribution in [3.63, 3.8) is 0 Å². The van der Waals surface area contributed by atoms with Gasteiger partial charge < -0.3 is 25.0 Å². The molecule has 0 aromatic heterocycles. The molecule has 6 nitrogen and oxygen atoms in total. The summed E-state index contributed by atoms with van der Waals surface area (Å²) in [6.07, 6.45) is -2.39. The number of nitrogens with one attached hydrogen (secondary N) is 1. The van der Waals surface area contributed by atoms with E-state index in [-0.39, 0.29) is 12.5 Å². The van der Waals surface area contributed by atoms with Crippen LogP contribution >= 0.6 is 0 Å². The quantitative estimate of drug-likeness (QED) is 0.506. The molecule has 1 rings (SSSR count). The lowest BCUT2D eigenvalue weighted by molar-refractivity contribution is -0.153. The highest BCUT2D eigenvalue weighted by Crippen LogP contribution is 2.21. The Morgan fingerprint density at radius 2 is 2.29 bits per heavy atom. The Hall–Kier alpha value is -0.690. The van der Waals surface area contributed by atoms with E-state index in [1.807, 2.05) is 0 Å². The highest BCUT2D eigenvalue weighted by atomic mass is 16.7. The van der Waals surface area contributed by atoms with E-state index in [1.165, 1.54) is 14.0 Å². The number of carbonyl (C=O) groups excluding carboxylic acids is 1. The number of amides is 1. The van der Waals surface area contributed by atoms with Crippen LogP contribution in [0.1, 0.15) is 6.92 Å². The summed E-state index contributed by atoms with van der Waals surface area (Å²) < 4.78 is 9.98. The Kier molecular flexibility index (Phi) is 3.82. The second-order valence-corrected chi connectivity index (χ2v) is 3.18. The van der Waals surface area contributed by atoms with Crippen molar-refractivity contribution in [3.05, 3.63) is 0 Å². The summed E-state index contributed by atoms with van der Waals surface area (Å²) in [4.78, 5) is 10.8. The molecule has 0 aromatic rings. The van der Waals surface area contributed by atoms with E-state index in [0.717, 1.165) is 0 Å². The van der Waals surface area contributed by atoms with Gasteiger partial charge in [0, 0.05) is 14.0 Å². The third-order valence-corrected chi connectivity index (χ3v) is 2.14. The first kappa shape index (κ1) is 11.4. The molecule has 0 aromatic carbocycles. The molecule has 6 heteroatoms. The average Bonchev–Trinajstić information content (AvgIpc) is 2.43. The van der Waals surface area contributed by atoms with Gasteiger partial charge in [0.25, 0.3) is 0 Å². The number of methoxy groups -OCH3 is 1. The topological polar surface area (TPSA) is 88.0 Å². The van der Waals surface area contributed by atoms with Crippen molar-refractivity contribution in [3.8, 4) is 0 Å². The summed E-state index contributed by atoms with van der Waals surface area (Å²) >= 11 is 0. The normalized spacial score (nSPS) is 37.1. The lowest BCUT2D eigenvalue weighted by Crippen LogP contribution is -2.48. The Labute approximate surface area is 81.8 Å². The minimum absolute atomic E-state index is 0.276. The van der Waals surface area contributed by atoms with Crippen molar-refractivity contribution in [1.29, 1.82) is 0 Å². The fourth-order valence-corrected chi connectivity index (χ4v) is 1.49. The van der Waals surface area contributed by atoms with E-state index >= 15 is 0 Å². The molecule has 1 aliphatic heterocycles. The standard InChI is InChI=1S/C8H15NO5/c1-4(11)9-6-5(3-10)14-8(13-2)7(6)12/h5-8,10,12H,3H2,1-2H3,(H,9,11)/t5-,6+,7-,8-/m1/s1. The molecule has 1 fully saturated rings. The van der Waals surface area contributed by atoms with Gasteiger partial charge in [-0.15, -0.1) is 0 Å². The number of aliphatic hydroxyl groups excluding tert-OH is 2. The van der Waals surface area contributed by atoms with Gasteiger partial charge in [-0.25, -0.2) is 0 Å². The van der Waals surface area contributed by atoms with Crippen molar-refractivity contribution in [2.75, 3.05) is 13.7 Å². The molecule has 0 spiro atoms. The molecule has 0 saturated carbocycles. The van der Waals surface area contributed by atoms with Gasteiger partial charge in [0.05, 0.1) is 12.6 Å². The second-order valence-electron chi connectivity index (χ2n) is 3.18. The van der Waals surface area contributed by atoms with Crippen LogP contribution in [0.2, 0.25) is 0 Å². The van der Waals surface area contributed by atoms with Gasteiger partial charge in [-0.3, -0.25) is 4.79 Å². The largest absolute Gasteiger partial charge is 0.394 e. The molecule has 1 saturated heterocycles. The Bertz CT molecular complexity index is 208. The van der Waals surface area contributed by atoms with Crippen LogP contribution in [0, 0.1) is 0 Å². The van der Waals surface area contributed by atoms with Gasteiger partial charge >= 0.3 is 0 Å². The van der Waals surface area contributed by atoms with E-state index in [4.69, 9.17) is 14.6 Å². The maximum Gasteiger partial charge on any atom is 0.217 e. The molecule has 82 valence electrons. The van der Waals surface area contributed by atoms with Crippen LogP contribution in [0.5, 0.6) is 0 Å². The zero-order valence-electron chi connectivity index (χ0n) is 8.14. The molecule has 1 heterocycles. The van der Waals surface area contributed by atoms with E-state index in [9.17, 15) is 9.90 Å². The zero-order valence-corrected chi connectivity index (χ0v) is 8.14. The number of hydrogen-bond donors (Lipinski definition) is 3. The molecule has 0 unspecified atom stereocenters. The van der Waals surface area contributed by atoms with Gasteiger partial charge in [-0.2, -0.15) is 0 Å². The number of aliphatic hydroxyl groups is 2. The number of rotatable bonds is 3. The van der Waals surface area contributed by atoms with Gasteiger partial charge in [0.1, 0.15) is 12.2 Å². The molecular formula is C8H15NO5. The minimum Gasteiger partial charge on any atom is -0.394 e. The molecule has 0 bridgehead atoms. The summed E-state index contributed by atoms with van der Waals surface area (Å²) in [6, 6.07) is -0.623. The molecule has 1 amide bonds. The predicted molar refractivity (Wildman–Crippen MR) is 46.4 cm³/mol. The van der Waals surface area contributed by atoms with E-state index in [1.54, 1.807) is 0 Å². The van der Waals surface area contributed by atoms with Gasteiger partial charge in [0.2, 0.25) is 5.91 Å². The lowest BCUT2D eigenvalue weighted by Gasteiger charge is -2.18. The van der Waals surface area contributed by atoms with Gasteiger partial charge in [-0.1, -0.05) is 0 Å². The predicted octanol–water partition coefficient (Wildman–Crippen LogP) is -1.78. The average molecular weight is 205 g/mol. The van der Waals surface area contributed by atoms with Crippen LogP contribution < -0.4 is 5.32 Å². The third-order valence-electron chi connectivity index (χ3n) is 2.14. The zero-order chi connectivity index (χ0) is 10.7. The van der Waals surface area contributed by atoms with Crippen LogP contribution in [0.25, 0.3) is 0 Å². The highest BCUT2D eigenvalue weighted by Gasteiger charge is 2.43. The maximum absolute atomic E-state index is 10.8. The van der Waals surface area contributed by atoms with Crippen molar-refractivity contribution < 1.29 is 24.5 Å². The second kappa shape index (κ2) is 4.70. The number of hydrogen-bond acceptors (Lipinski definition) is 5. The smallest absolute Gasteiger partial charge is 0.217 e. The summed E-state index contributed by atoms with van der Waals surface area (Å²) in [5, 5.41) is 21.1. The SMILES string of the molecule is CO[C@@H]1O[C@H](CO)[C@H](NC(C)=O)[C@H]1O. The van der Waals surface area contributed by atoms with E-state index in [2.05, 4.69) is 5.32 Å². The number of ether oxygens (including phenoxy) is 2. The summed E-state index contributed by atoms with van der Waals surface area (Å²) in [7, 11) is 1.39. The van der Waals surface area contributed by atoms with Gasteiger partial charge in [0.15, 0.2) is 6.29 Å². The summed E-state index contributed by atoms with van der Waals surface area (Å²) in [5.41, 5.74) is 0. The minimum atomic E-state index is -0.957. The summed E-state index contributed by atoms with van der Waals surface area (Å²) in [5.74, 6) is -0.284. The Morgan fingerprint density at radius 3 is 2.71 bits per heavy atom. The van der Waals surface area contributed by atoms with Crippen LogP contribution in [-0.2, 0) is 14.3 Å². The van der Waals surface area contributed by atoms with Crippen LogP contribution in [0.3, 0.4) is 0 Å². The first-order valence-corrected chi connectivity index (χ1v) is 4.34. The molecule has 4 atom stereocenters. The maximum atomic E-state index is 10.8. The fraction of sp³-hybridized carbons (Fsp3) is 0.875.